The van der Waals surface area contributed by atoms with Crippen molar-refractivity contribution in [2.24, 2.45) is 0 Å². The van der Waals surface area contributed by atoms with Gasteiger partial charge in [-0.1, -0.05) is 30.3 Å². The zero-order valence-electron chi connectivity index (χ0n) is 11.3. The molecule has 0 fully saturated rings. The first-order chi connectivity index (χ1) is 9.05. The van der Waals surface area contributed by atoms with Gasteiger partial charge in [-0.2, -0.15) is 10.5 Å². The van der Waals surface area contributed by atoms with E-state index in [4.69, 9.17) is 0 Å². The number of hydrogen-bond acceptors (Lipinski definition) is 3. The molecule has 1 aromatic rings. The molecule has 0 amide bonds. The van der Waals surface area contributed by atoms with Gasteiger partial charge in [0, 0.05) is 11.4 Å². The summed E-state index contributed by atoms with van der Waals surface area (Å²) < 4.78 is 0. The molecule has 1 aliphatic rings. The van der Waals surface area contributed by atoms with Gasteiger partial charge in [0.25, 0.3) is 0 Å². The minimum absolute atomic E-state index is 0.598. The molecule has 19 heavy (non-hydrogen) atoms. The summed E-state index contributed by atoms with van der Waals surface area (Å²) in [5.41, 5.74) is 3.10. The maximum absolute atomic E-state index is 9.48. The third kappa shape index (κ3) is 1.80. The molecule has 94 valence electrons. The first-order valence-corrected chi connectivity index (χ1v) is 6.11. The van der Waals surface area contributed by atoms with Gasteiger partial charge in [-0.15, -0.1) is 0 Å². The fraction of sp³-hybridized carbons (Fsp3) is 0.250. The van der Waals surface area contributed by atoms with Gasteiger partial charge in [-0.05, 0) is 26.3 Å². The minimum Gasteiger partial charge on any atom is -0.361 e. The molecule has 0 unspecified atom stereocenters. The van der Waals surface area contributed by atoms with Gasteiger partial charge < -0.3 is 5.32 Å². The number of allylic oxidation sites excluding steroid dienone is 4. The minimum atomic E-state index is -0.676. The number of hydrogen-bond donors (Lipinski definition) is 1. The Bertz CT molecular complexity index is 615. The van der Waals surface area contributed by atoms with E-state index in [9.17, 15) is 10.5 Å². The molecule has 0 radical (unpaired) electrons. The maximum atomic E-state index is 9.48. The molecular formula is C16H15N3. The van der Waals surface area contributed by atoms with Gasteiger partial charge in [-0.3, -0.25) is 0 Å². The first kappa shape index (κ1) is 12.9. The summed E-state index contributed by atoms with van der Waals surface area (Å²) in [5, 5.41) is 22.1. The quantitative estimate of drug-likeness (QED) is 0.831. The average molecular weight is 249 g/mol. The van der Waals surface area contributed by atoms with E-state index in [2.05, 4.69) is 17.5 Å². The molecule has 3 heteroatoms. The summed E-state index contributed by atoms with van der Waals surface area (Å²) in [7, 11) is 0. The fourth-order valence-corrected chi connectivity index (χ4v) is 2.73. The predicted octanol–water partition coefficient (Wildman–Crippen LogP) is 3.14. The molecule has 0 aliphatic carbocycles. The lowest BCUT2D eigenvalue weighted by molar-refractivity contribution is 0.638. The smallest absolute Gasteiger partial charge is 0.0978 e. The van der Waals surface area contributed by atoms with Crippen LogP contribution in [0.1, 0.15) is 26.3 Å². The Balaban J connectivity index is 2.78. The third-order valence-corrected chi connectivity index (χ3v) is 3.70. The van der Waals surface area contributed by atoms with Crippen molar-refractivity contribution >= 4 is 0 Å². The molecule has 0 aromatic heterocycles. The van der Waals surface area contributed by atoms with E-state index < -0.39 is 5.41 Å². The highest BCUT2D eigenvalue weighted by atomic mass is 14.9. The van der Waals surface area contributed by atoms with Crippen molar-refractivity contribution < 1.29 is 0 Å². The van der Waals surface area contributed by atoms with Crippen molar-refractivity contribution in [1.82, 2.24) is 5.32 Å². The standard InChI is InChI=1S/C16H15N3/c1-11-14(9-17)16(3,13-7-5-4-6-8-13)15(10-18)12(2)19-11/h4-8,19H,1-3H3. The fourth-order valence-electron chi connectivity index (χ4n) is 2.73. The summed E-state index contributed by atoms with van der Waals surface area (Å²) >= 11 is 0. The summed E-state index contributed by atoms with van der Waals surface area (Å²) in [4.78, 5) is 0. The van der Waals surface area contributed by atoms with Crippen molar-refractivity contribution in [2.75, 3.05) is 0 Å². The molecular weight excluding hydrogens is 234 g/mol. The second-order valence-electron chi connectivity index (χ2n) is 4.84. The number of nitriles is 2. The molecule has 1 aliphatic heterocycles. The zero-order chi connectivity index (χ0) is 14.0. The van der Waals surface area contributed by atoms with Gasteiger partial charge in [0.1, 0.15) is 0 Å². The van der Waals surface area contributed by atoms with Gasteiger partial charge >= 0.3 is 0 Å². The Morgan fingerprint density at radius 1 is 0.947 bits per heavy atom. The SMILES string of the molecule is CC1=C(C#N)C(C)(c2ccccc2)C(C#N)=C(C)N1. The van der Waals surface area contributed by atoms with E-state index in [-0.39, 0.29) is 0 Å². The van der Waals surface area contributed by atoms with Crippen LogP contribution < -0.4 is 5.32 Å². The summed E-state index contributed by atoms with van der Waals surface area (Å²) in [6, 6.07) is 14.2. The van der Waals surface area contributed by atoms with E-state index in [0.717, 1.165) is 17.0 Å². The molecule has 3 nitrogen and oxygen atoms in total. The average Bonchev–Trinajstić information content (AvgIpc) is 2.40. The molecule has 0 saturated heterocycles. The van der Waals surface area contributed by atoms with Crippen LogP contribution in [-0.2, 0) is 5.41 Å². The second-order valence-corrected chi connectivity index (χ2v) is 4.84. The van der Waals surface area contributed by atoms with Gasteiger partial charge in [0.15, 0.2) is 0 Å². The molecule has 0 saturated carbocycles. The monoisotopic (exact) mass is 249 g/mol. The number of dihydropyridines is 1. The van der Waals surface area contributed by atoms with Crippen LogP contribution in [0.15, 0.2) is 52.9 Å². The van der Waals surface area contributed by atoms with Crippen molar-refractivity contribution in [1.29, 1.82) is 10.5 Å². The van der Waals surface area contributed by atoms with Crippen LogP contribution in [0.2, 0.25) is 0 Å². The van der Waals surface area contributed by atoms with Gasteiger partial charge in [-0.25, -0.2) is 0 Å². The van der Waals surface area contributed by atoms with Crippen molar-refractivity contribution in [3.05, 3.63) is 58.4 Å². The Kier molecular flexibility index (Phi) is 3.15. The second kappa shape index (κ2) is 4.63. The Hall–Kier alpha value is -2.52. The van der Waals surface area contributed by atoms with Crippen LogP contribution >= 0.6 is 0 Å². The highest BCUT2D eigenvalue weighted by molar-refractivity contribution is 5.60. The molecule has 2 rings (SSSR count). The zero-order valence-corrected chi connectivity index (χ0v) is 11.3. The third-order valence-electron chi connectivity index (χ3n) is 3.70. The first-order valence-electron chi connectivity index (χ1n) is 6.11. The Morgan fingerprint density at radius 3 is 1.84 bits per heavy atom. The van der Waals surface area contributed by atoms with E-state index >= 15 is 0 Å². The molecule has 1 aromatic carbocycles. The highest BCUT2D eigenvalue weighted by Crippen LogP contribution is 2.42. The summed E-state index contributed by atoms with van der Waals surface area (Å²) in [6.45, 7) is 5.68. The van der Waals surface area contributed by atoms with Gasteiger partial charge in [0.2, 0.25) is 0 Å². The van der Waals surface area contributed by atoms with Crippen LogP contribution in [0.25, 0.3) is 0 Å². The number of benzene rings is 1. The lowest BCUT2D eigenvalue weighted by Crippen LogP contribution is -2.36. The van der Waals surface area contributed by atoms with Crippen LogP contribution in [0.5, 0.6) is 0 Å². The molecule has 0 bridgehead atoms. The largest absolute Gasteiger partial charge is 0.361 e. The van der Waals surface area contributed by atoms with Gasteiger partial charge in [0.05, 0.1) is 28.7 Å². The Morgan fingerprint density at radius 2 is 1.42 bits per heavy atom. The Labute approximate surface area is 113 Å². The lowest BCUT2D eigenvalue weighted by atomic mass is 9.68. The lowest BCUT2D eigenvalue weighted by Gasteiger charge is -2.35. The summed E-state index contributed by atoms with van der Waals surface area (Å²) in [5.74, 6) is 0. The number of nitrogens with one attached hydrogen (secondary N) is 1. The van der Waals surface area contributed by atoms with E-state index in [1.54, 1.807) is 0 Å². The molecule has 0 spiro atoms. The van der Waals surface area contributed by atoms with E-state index in [1.807, 2.05) is 51.1 Å². The van der Waals surface area contributed by atoms with E-state index in [1.165, 1.54) is 0 Å². The molecule has 1 heterocycles. The van der Waals surface area contributed by atoms with Crippen LogP contribution in [0, 0.1) is 22.7 Å². The topological polar surface area (TPSA) is 59.6 Å². The predicted molar refractivity (Wildman–Crippen MR) is 73.6 cm³/mol. The normalized spacial score (nSPS) is 17.5. The van der Waals surface area contributed by atoms with Crippen molar-refractivity contribution in [3.8, 4) is 12.1 Å². The number of nitrogens with zero attached hydrogens (tertiary/aromatic N) is 2. The van der Waals surface area contributed by atoms with Crippen molar-refractivity contribution in [3.63, 3.8) is 0 Å². The van der Waals surface area contributed by atoms with Crippen LogP contribution in [0.4, 0.5) is 0 Å². The number of rotatable bonds is 1. The van der Waals surface area contributed by atoms with Crippen LogP contribution in [0.3, 0.4) is 0 Å². The highest BCUT2D eigenvalue weighted by Gasteiger charge is 2.41. The summed E-state index contributed by atoms with van der Waals surface area (Å²) in [6.07, 6.45) is 0. The van der Waals surface area contributed by atoms with Crippen LogP contribution in [-0.4, -0.2) is 0 Å². The van der Waals surface area contributed by atoms with E-state index in [0.29, 0.717) is 11.1 Å². The molecule has 1 N–H and O–H groups in total. The van der Waals surface area contributed by atoms with Crippen molar-refractivity contribution in [2.45, 2.75) is 26.2 Å². The molecule has 0 atom stereocenters. The maximum Gasteiger partial charge on any atom is 0.0978 e.